The Hall–Kier alpha value is -1.45. The SMILES string of the molecule is CC(=O)c1ccc(C)c(Br)c1.CC(=O)c1ccc(CBr)c(Br)c1.CC(=O)c1ccc(CO)c(Br)c1. The maximum absolute atomic E-state index is 11.0. The zero-order valence-electron chi connectivity index (χ0n) is 19.8. The molecule has 0 saturated heterocycles. The number of ketones is 3. The van der Waals surface area contributed by atoms with E-state index in [1.165, 1.54) is 6.92 Å². The molecule has 0 aromatic heterocycles. The topological polar surface area (TPSA) is 71.4 Å². The highest BCUT2D eigenvalue weighted by atomic mass is 79.9. The molecule has 0 aliphatic rings. The zero-order valence-corrected chi connectivity index (χ0v) is 26.1. The third-order valence-electron chi connectivity index (χ3n) is 4.81. The van der Waals surface area contributed by atoms with Crippen LogP contribution in [0.5, 0.6) is 0 Å². The highest BCUT2D eigenvalue weighted by molar-refractivity contribution is 9.11. The van der Waals surface area contributed by atoms with Gasteiger partial charge in [-0.1, -0.05) is 100 Å². The fourth-order valence-electron chi connectivity index (χ4n) is 2.58. The molecule has 0 heterocycles. The van der Waals surface area contributed by atoms with Gasteiger partial charge in [-0.2, -0.15) is 0 Å². The molecule has 0 atom stereocenters. The van der Waals surface area contributed by atoms with Crippen LogP contribution in [-0.4, -0.2) is 22.5 Å². The van der Waals surface area contributed by atoms with Gasteiger partial charge >= 0.3 is 0 Å². The van der Waals surface area contributed by atoms with E-state index in [9.17, 15) is 14.4 Å². The first kappa shape index (κ1) is 31.6. The largest absolute Gasteiger partial charge is 0.392 e. The minimum atomic E-state index is -0.0151. The smallest absolute Gasteiger partial charge is 0.159 e. The number of halogens is 4. The Morgan fingerprint density at radius 1 is 0.657 bits per heavy atom. The molecule has 0 fully saturated rings. The minimum Gasteiger partial charge on any atom is -0.392 e. The van der Waals surface area contributed by atoms with E-state index in [2.05, 4.69) is 63.7 Å². The van der Waals surface area contributed by atoms with E-state index in [-0.39, 0.29) is 24.0 Å². The molecular formula is C27H26Br4O4. The predicted octanol–water partition coefficient (Wildman–Crippen LogP) is 8.65. The second kappa shape index (κ2) is 15.6. The summed E-state index contributed by atoms with van der Waals surface area (Å²) in [6.45, 7) is 6.62. The molecule has 8 heteroatoms. The maximum Gasteiger partial charge on any atom is 0.159 e. The Bertz CT molecular complexity index is 1140. The Balaban J connectivity index is 0.000000263. The molecule has 4 nitrogen and oxygen atoms in total. The van der Waals surface area contributed by atoms with Crippen molar-refractivity contribution in [2.24, 2.45) is 0 Å². The molecule has 0 radical (unpaired) electrons. The van der Waals surface area contributed by atoms with Crippen LogP contribution >= 0.6 is 63.7 Å². The van der Waals surface area contributed by atoms with Crippen molar-refractivity contribution >= 4 is 81.1 Å². The van der Waals surface area contributed by atoms with Gasteiger partial charge in [-0.15, -0.1) is 0 Å². The third-order valence-corrected chi connectivity index (χ3v) is 7.75. The van der Waals surface area contributed by atoms with E-state index < -0.39 is 0 Å². The predicted molar refractivity (Wildman–Crippen MR) is 156 cm³/mol. The second-order valence-electron chi connectivity index (χ2n) is 7.54. The fourth-order valence-corrected chi connectivity index (χ4v) is 4.85. The molecule has 0 unspecified atom stereocenters. The first-order chi connectivity index (χ1) is 16.4. The van der Waals surface area contributed by atoms with Crippen LogP contribution in [0, 0.1) is 6.92 Å². The third kappa shape index (κ3) is 10.6. The number of rotatable bonds is 5. The van der Waals surface area contributed by atoms with Gasteiger partial charge in [-0.05, 0) is 62.6 Å². The van der Waals surface area contributed by atoms with Gasteiger partial charge in [0, 0.05) is 35.4 Å². The number of aliphatic hydroxyl groups is 1. The average Bonchev–Trinajstić information content (AvgIpc) is 2.81. The first-order valence-electron chi connectivity index (χ1n) is 10.4. The van der Waals surface area contributed by atoms with Crippen molar-refractivity contribution in [1.29, 1.82) is 0 Å². The van der Waals surface area contributed by atoms with Crippen molar-refractivity contribution in [2.75, 3.05) is 0 Å². The summed E-state index contributed by atoms with van der Waals surface area (Å²) in [6, 6.07) is 16.4. The lowest BCUT2D eigenvalue weighted by molar-refractivity contribution is 0.100. The van der Waals surface area contributed by atoms with Crippen LogP contribution in [0.15, 0.2) is 68.0 Å². The molecule has 1 N–H and O–H groups in total. The van der Waals surface area contributed by atoms with E-state index in [1.54, 1.807) is 32.0 Å². The van der Waals surface area contributed by atoms with Gasteiger partial charge in [-0.25, -0.2) is 0 Å². The van der Waals surface area contributed by atoms with Crippen LogP contribution in [0.4, 0.5) is 0 Å². The van der Waals surface area contributed by atoms with E-state index in [1.807, 2.05) is 43.3 Å². The fraction of sp³-hybridized carbons (Fsp3) is 0.222. The van der Waals surface area contributed by atoms with Crippen molar-refractivity contribution < 1.29 is 19.5 Å². The monoisotopic (exact) mass is 730 g/mol. The van der Waals surface area contributed by atoms with Gasteiger partial charge in [0.1, 0.15) is 0 Å². The molecule has 35 heavy (non-hydrogen) atoms. The molecule has 0 saturated carbocycles. The van der Waals surface area contributed by atoms with Crippen molar-refractivity contribution in [2.45, 2.75) is 39.6 Å². The number of aryl methyl sites for hydroxylation is 1. The zero-order chi connectivity index (χ0) is 26.7. The molecule has 0 amide bonds. The van der Waals surface area contributed by atoms with E-state index in [4.69, 9.17) is 5.11 Å². The van der Waals surface area contributed by atoms with Gasteiger partial charge < -0.3 is 5.11 Å². The number of carbonyl (C=O) groups excluding carboxylic acids is 3. The number of hydrogen-bond donors (Lipinski definition) is 1. The Labute approximate surface area is 240 Å². The van der Waals surface area contributed by atoms with E-state index in [0.717, 1.165) is 46.6 Å². The molecule has 0 spiro atoms. The number of benzene rings is 3. The van der Waals surface area contributed by atoms with Crippen molar-refractivity contribution in [1.82, 2.24) is 0 Å². The highest BCUT2D eigenvalue weighted by Gasteiger charge is 2.04. The van der Waals surface area contributed by atoms with Crippen molar-refractivity contribution in [3.05, 3.63) is 101 Å². The van der Waals surface area contributed by atoms with E-state index >= 15 is 0 Å². The number of hydrogen-bond acceptors (Lipinski definition) is 4. The summed E-state index contributed by atoms with van der Waals surface area (Å²) >= 11 is 13.4. The number of Topliss-reactive ketones (excluding diaryl/α,β-unsaturated/α-hetero) is 3. The van der Waals surface area contributed by atoms with Crippen molar-refractivity contribution in [3.63, 3.8) is 0 Å². The molecule has 3 aromatic rings. The normalized spacial score (nSPS) is 9.86. The number of aliphatic hydroxyl groups excluding tert-OH is 1. The van der Waals surface area contributed by atoms with Gasteiger partial charge in [0.05, 0.1) is 6.61 Å². The summed E-state index contributed by atoms with van der Waals surface area (Å²) in [6.07, 6.45) is 0. The lowest BCUT2D eigenvalue weighted by Gasteiger charge is -2.01. The molecule has 0 aliphatic heterocycles. The van der Waals surface area contributed by atoms with Crippen LogP contribution < -0.4 is 0 Å². The first-order valence-corrected chi connectivity index (χ1v) is 13.9. The van der Waals surface area contributed by atoms with Gasteiger partial charge in [0.2, 0.25) is 0 Å². The second-order valence-corrected chi connectivity index (χ2v) is 10.7. The summed E-state index contributed by atoms with van der Waals surface area (Å²) in [4.78, 5) is 32.8. The Kier molecular flexibility index (Phi) is 14.1. The lowest BCUT2D eigenvalue weighted by atomic mass is 10.1. The maximum atomic E-state index is 11.0. The lowest BCUT2D eigenvalue weighted by Crippen LogP contribution is -1.93. The van der Waals surface area contributed by atoms with Crippen LogP contribution in [0.25, 0.3) is 0 Å². The summed E-state index contributed by atoms with van der Waals surface area (Å²) < 4.78 is 2.75. The van der Waals surface area contributed by atoms with Gasteiger partial charge in [0.25, 0.3) is 0 Å². The average molecular weight is 734 g/mol. The van der Waals surface area contributed by atoms with Crippen LogP contribution in [-0.2, 0) is 11.9 Å². The minimum absolute atomic E-state index is 0.0151. The Morgan fingerprint density at radius 2 is 1.03 bits per heavy atom. The molecule has 186 valence electrons. The van der Waals surface area contributed by atoms with Crippen LogP contribution in [0.1, 0.15) is 68.5 Å². The molecule has 0 aliphatic carbocycles. The summed E-state index contributed by atoms with van der Waals surface area (Å²) in [7, 11) is 0. The summed E-state index contributed by atoms with van der Waals surface area (Å²) in [5.74, 6) is 0.225. The van der Waals surface area contributed by atoms with Gasteiger partial charge in [-0.3, -0.25) is 14.4 Å². The number of alkyl halides is 1. The van der Waals surface area contributed by atoms with Gasteiger partial charge in [0.15, 0.2) is 17.3 Å². The van der Waals surface area contributed by atoms with Crippen molar-refractivity contribution in [3.8, 4) is 0 Å². The van der Waals surface area contributed by atoms with Crippen LogP contribution in [0.3, 0.4) is 0 Å². The van der Waals surface area contributed by atoms with Crippen LogP contribution in [0.2, 0.25) is 0 Å². The summed E-state index contributed by atoms with van der Waals surface area (Å²) in [5.41, 5.74) is 5.24. The molecular weight excluding hydrogens is 708 g/mol. The molecule has 3 aromatic carbocycles. The number of carbonyl (C=O) groups is 3. The van der Waals surface area contributed by atoms with E-state index in [0.29, 0.717) is 5.56 Å². The quantitative estimate of drug-likeness (QED) is 0.211. The molecule has 0 bridgehead atoms. The standard InChI is InChI=1S/C9H8Br2O.C9H9BrO2.C9H9BrO/c1-6(12)7-2-3-8(5-10)9(11)4-7;1-6(12)7-2-3-8(5-11)9(10)4-7;1-6-3-4-8(7(2)11)5-9(6)10/h2-4H,5H2,1H3;2-4,11H,5H2,1H3;3-5H,1-2H3. The highest BCUT2D eigenvalue weighted by Crippen LogP contribution is 2.21. The summed E-state index contributed by atoms with van der Waals surface area (Å²) in [5, 5.41) is 9.63. The molecule has 3 rings (SSSR count). The Morgan fingerprint density at radius 3 is 1.34 bits per heavy atom.